The van der Waals surface area contributed by atoms with Gasteiger partial charge in [0, 0.05) is 26.6 Å². The highest BCUT2D eigenvalue weighted by Gasteiger charge is 2.57. The van der Waals surface area contributed by atoms with Crippen molar-refractivity contribution in [3.63, 3.8) is 0 Å². The first-order valence-corrected chi connectivity index (χ1v) is 5.53. The van der Waals surface area contributed by atoms with E-state index in [9.17, 15) is 23.1 Å². The number of likely N-dealkylation sites (tertiary alicyclic amines) is 1. The highest BCUT2D eigenvalue weighted by molar-refractivity contribution is 5.77. The van der Waals surface area contributed by atoms with Gasteiger partial charge in [0.2, 0.25) is 5.91 Å². The first-order valence-electron chi connectivity index (χ1n) is 5.53. The minimum atomic E-state index is -4.73. The average Bonchev–Trinajstić information content (AvgIpc) is 2.69. The van der Waals surface area contributed by atoms with E-state index in [1.165, 1.54) is 7.11 Å². The predicted molar refractivity (Wildman–Crippen MR) is 56.7 cm³/mol. The molecular formula is C10H17F3N2O3. The van der Waals surface area contributed by atoms with Gasteiger partial charge < -0.3 is 20.5 Å². The Labute approximate surface area is 103 Å². The number of ether oxygens (including phenoxy) is 1. The number of hydrogen-bond donors (Lipinski definition) is 2. The van der Waals surface area contributed by atoms with Crippen molar-refractivity contribution >= 4 is 5.91 Å². The molecule has 0 saturated carbocycles. The predicted octanol–water partition coefficient (Wildman–Crippen LogP) is -0.124. The van der Waals surface area contributed by atoms with Crippen molar-refractivity contribution in [2.45, 2.75) is 30.7 Å². The zero-order chi connectivity index (χ0) is 14.0. The summed E-state index contributed by atoms with van der Waals surface area (Å²) in [6.45, 7) is -0.730. The molecule has 18 heavy (non-hydrogen) atoms. The van der Waals surface area contributed by atoms with E-state index in [2.05, 4.69) is 0 Å². The zero-order valence-corrected chi connectivity index (χ0v) is 10.0. The fourth-order valence-corrected chi connectivity index (χ4v) is 1.82. The molecule has 3 N–H and O–H groups in total. The van der Waals surface area contributed by atoms with E-state index in [1.54, 1.807) is 0 Å². The third-order valence-corrected chi connectivity index (χ3v) is 3.13. The first-order chi connectivity index (χ1) is 8.23. The molecule has 2 atom stereocenters. The van der Waals surface area contributed by atoms with Gasteiger partial charge >= 0.3 is 6.18 Å². The maximum Gasteiger partial charge on any atom is 0.419 e. The Kier molecular flexibility index (Phi) is 4.57. The monoisotopic (exact) mass is 270 g/mol. The van der Waals surface area contributed by atoms with E-state index in [1.807, 2.05) is 0 Å². The number of halogens is 3. The van der Waals surface area contributed by atoms with Crippen LogP contribution >= 0.6 is 0 Å². The number of hydrogen-bond acceptors (Lipinski definition) is 4. The Balaban J connectivity index is 2.59. The summed E-state index contributed by atoms with van der Waals surface area (Å²) in [6.07, 6.45) is -5.82. The Morgan fingerprint density at radius 3 is 2.61 bits per heavy atom. The summed E-state index contributed by atoms with van der Waals surface area (Å²) in [7, 11) is 1.38. The van der Waals surface area contributed by atoms with Crippen LogP contribution in [0.25, 0.3) is 0 Å². The second kappa shape index (κ2) is 5.41. The molecule has 106 valence electrons. The number of methoxy groups -OCH3 is 1. The number of carbonyl (C=O) groups excluding carboxylic acids is 1. The van der Waals surface area contributed by atoms with Crippen LogP contribution in [0.1, 0.15) is 12.8 Å². The molecule has 1 aliphatic heterocycles. The fourth-order valence-electron chi connectivity index (χ4n) is 1.82. The van der Waals surface area contributed by atoms with Gasteiger partial charge in [0.1, 0.15) is 0 Å². The van der Waals surface area contributed by atoms with Crippen molar-refractivity contribution in [3.8, 4) is 0 Å². The second-order valence-corrected chi connectivity index (χ2v) is 4.39. The van der Waals surface area contributed by atoms with E-state index >= 15 is 0 Å². The van der Waals surface area contributed by atoms with Gasteiger partial charge in [-0.2, -0.15) is 13.2 Å². The molecule has 0 radical (unpaired) electrons. The fraction of sp³-hybridized carbons (Fsp3) is 0.900. The van der Waals surface area contributed by atoms with Crippen LogP contribution in [0.15, 0.2) is 0 Å². The summed E-state index contributed by atoms with van der Waals surface area (Å²) < 4.78 is 42.5. The van der Waals surface area contributed by atoms with Crippen molar-refractivity contribution in [1.82, 2.24) is 4.90 Å². The molecule has 1 saturated heterocycles. The van der Waals surface area contributed by atoms with Crippen molar-refractivity contribution in [1.29, 1.82) is 0 Å². The molecule has 0 aliphatic carbocycles. The average molecular weight is 270 g/mol. The van der Waals surface area contributed by atoms with Gasteiger partial charge in [0.05, 0.1) is 19.1 Å². The van der Waals surface area contributed by atoms with Crippen LogP contribution in [0, 0.1) is 0 Å². The molecule has 2 unspecified atom stereocenters. The highest BCUT2D eigenvalue weighted by atomic mass is 19.4. The molecule has 1 heterocycles. The molecule has 8 heteroatoms. The molecule has 0 aromatic carbocycles. The molecule has 1 fully saturated rings. The highest BCUT2D eigenvalue weighted by Crippen LogP contribution is 2.37. The number of amides is 1. The summed E-state index contributed by atoms with van der Waals surface area (Å²) >= 11 is 0. The lowest BCUT2D eigenvalue weighted by molar-refractivity contribution is -0.253. The van der Waals surface area contributed by atoms with Gasteiger partial charge in [0.25, 0.3) is 0 Å². The smallest absolute Gasteiger partial charge is 0.380 e. The van der Waals surface area contributed by atoms with Crippen LogP contribution in [0.5, 0.6) is 0 Å². The van der Waals surface area contributed by atoms with Crippen LogP contribution in [0.2, 0.25) is 0 Å². The van der Waals surface area contributed by atoms with Crippen molar-refractivity contribution in [2.24, 2.45) is 5.73 Å². The normalized spacial score (nSPS) is 26.4. The van der Waals surface area contributed by atoms with Gasteiger partial charge in [-0.05, 0) is 0 Å². The second-order valence-electron chi connectivity index (χ2n) is 4.39. The van der Waals surface area contributed by atoms with Gasteiger partial charge in [-0.15, -0.1) is 0 Å². The number of nitrogens with two attached hydrogens (primary N) is 1. The summed E-state index contributed by atoms with van der Waals surface area (Å²) in [5.74, 6) is -0.493. The quantitative estimate of drug-likeness (QED) is 0.746. The van der Waals surface area contributed by atoms with E-state index < -0.39 is 36.8 Å². The minimum Gasteiger partial charge on any atom is -0.380 e. The maximum atomic E-state index is 12.5. The lowest BCUT2D eigenvalue weighted by atomic mass is 10.0. The van der Waals surface area contributed by atoms with Crippen molar-refractivity contribution in [2.75, 3.05) is 26.7 Å². The topological polar surface area (TPSA) is 75.8 Å². The number of nitrogens with zero attached hydrogens (tertiary/aromatic N) is 1. The van der Waals surface area contributed by atoms with Crippen LogP contribution < -0.4 is 5.73 Å². The number of carbonyl (C=O) groups is 1. The summed E-state index contributed by atoms with van der Waals surface area (Å²) in [4.78, 5) is 12.7. The molecule has 0 bridgehead atoms. The Bertz CT molecular complexity index is 307. The summed E-state index contributed by atoms with van der Waals surface area (Å²) in [5, 5.41) is 9.42. The molecule has 5 nitrogen and oxygen atoms in total. The SMILES string of the molecule is COC(CN)CC(=O)N1CCC(O)(C(F)(F)F)C1. The van der Waals surface area contributed by atoms with Crippen LogP contribution in [-0.4, -0.2) is 60.5 Å². The van der Waals surface area contributed by atoms with Crippen molar-refractivity contribution in [3.05, 3.63) is 0 Å². The van der Waals surface area contributed by atoms with Gasteiger partial charge in [-0.1, -0.05) is 0 Å². The van der Waals surface area contributed by atoms with Crippen LogP contribution in [-0.2, 0) is 9.53 Å². The number of rotatable bonds is 4. The Morgan fingerprint density at radius 1 is 1.61 bits per heavy atom. The lowest BCUT2D eigenvalue weighted by Gasteiger charge is -2.26. The summed E-state index contributed by atoms with van der Waals surface area (Å²) in [6, 6.07) is 0. The third-order valence-electron chi connectivity index (χ3n) is 3.13. The third kappa shape index (κ3) is 3.12. The molecule has 1 aliphatic rings. The van der Waals surface area contributed by atoms with Crippen LogP contribution in [0.3, 0.4) is 0 Å². The Hall–Kier alpha value is -0.860. The standard InChI is InChI=1S/C10H17F3N2O3/c1-18-7(5-14)4-8(16)15-3-2-9(17,6-15)10(11,12)13/h7,17H,2-6,14H2,1H3. The number of β-amino-alcohol motifs (C(OH)–C–C–N with tert-alkyl or cyclic N) is 1. The van der Waals surface area contributed by atoms with Gasteiger partial charge in [-0.3, -0.25) is 4.79 Å². The Morgan fingerprint density at radius 2 is 2.22 bits per heavy atom. The molecule has 0 aromatic rings. The molecule has 0 aromatic heterocycles. The van der Waals surface area contributed by atoms with Crippen molar-refractivity contribution < 1.29 is 27.8 Å². The van der Waals surface area contributed by atoms with E-state index in [4.69, 9.17) is 10.5 Å². The van der Waals surface area contributed by atoms with E-state index in [0.717, 1.165) is 4.90 Å². The van der Waals surface area contributed by atoms with Gasteiger partial charge in [-0.25, -0.2) is 0 Å². The number of aliphatic hydroxyl groups is 1. The molecule has 1 amide bonds. The lowest BCUT2D eigenvalue weighted by Crippen LogP contribution is -2.48. The summed E-state index contributed by atoms with van der Waals surface area (Å²) in [5.41, 5.74) is 2.53. The molecule has 0 spiro atoms. The minimum absolute atomic E-state index is 0.0824. The number of alkyl halides is 3. The molecular weight excluding hydrogens is 253 g/mol. The maximum absolute atomic E-state index is 12.5. The largest absolute Gasteiger partial charge is 0.419 e. The van der Waals surface area contributed by atoms with Gasteiger partial charge in [0.15, 0.2) is 5.60 Å². The van der Waals surface area contributed by atoms with E-state index in [0.29, 0.717) is 0 Å². The zero-order valence-electron chi connectivity index (χ0n) is 10.0. The van der Waals surface area contributed by atoms with E-state index in [-0.39, 0.29) is 19.5 Å². The van der Waals surface area contributed by atoms with Crippen LogP contribution in [0.4, 0.5) is 13.2 Å². The molecule has 1 rings (SSSR count). The first kappa shape index (κ1) is 15.2.